The standard InChI is InChI=1S/C7H14BF.2C2H6/c1-3-7(2,6-9)4-5-8;2*1-2/h3-6H2,1-2H3;2*1-2H3. The van der Waals surface area contributed by atoms with Gasteiger partial charge in [-0.1, -0.05) is 54.3 Å². The third-order valence-electron chi connectivity index (χ3n) is 1.92. The number of hydrogen-bond donors (Lipinski definition) is 0. The van der Waals surface area contributed by atoms with Crippen molar-refractivity contribution in [3.8, 4) is 0 Å². The van der Waals surface area contributed by atoms with Crippen LogP contribution in [0, 0.1) is 5.41 Å². The van der Waals surface area contributed by atoms with E-state index in [1.807, 2.05) is 41.5 Å². The molecule has 13 heavy (non-hydrogen) atoms. The molecule has 1 atom stereocenters. The molecule has 0 rings (SSSR count). The quantitative estimate of drug-likeness (QED) is 0.573. The van der Waals surface area contributed by atoms with Gasteiger partial charge in [-0.05, 0) is 11.8 Å². The summed E-state index contributed by atoms with van der Waals surface area (Å²) in [6.45, 7) is 11.7. The van der Waals surface area contributed by atoms with Gasteiger partial charge < -0.3 is 0 Å². The summed E-state index contributed by atoms with van der Waals surface area (Å²) in [5.41, 5.74) is -0.158. The van der Waals surface area contributed by atoms with Crippen molar-refractivity contribution in [2.45, 2.75) is 60.7 Å². The first-order chi connectivity index (χ1) is 6.18. The Morgan fingerprint density at radius 2 is 1.54 bits per heavy atom. The molecule has 0 amide bonds. The van der Waals surface area contributed by atoms with Gasteiger partial charge in [0.15, 0.2) is 0 Å². The average Bonchev–Trinajstić information content (AvgIpc) is 2.24. The van der Waals surface area contributed by atoms with E-state index in [-0.39, 0.29) is 12.1 Å². The van der Waals surface area contributed by atoms with Gasteiger partial charge in [-0.3, -0.25) is 4.39 Å². The van der Waals surface area contributed by atoms with Crippen LogP contribution in [0.1, 0.15) is 54.4 Å². The second-order valence-electron chi connectivity index (χ2n) is 2.84. The van der Waals surface area contributed by atoms with Crippen LogP contribution in [0.5, 0.6) is 0 Å². The molecule has 2 heteroatoms. The first-order valence-corrected chi connectivity index (χ1v) is 5.44. The van der Waals surface area contributed by atoms with Crippen LogP contribution in [0.4, 0.5) is 4.39 Å². The zero-order valence-electron chi connectivity index (χ0n) is 10.3. The lowest BCUT2D eigenvalue weighted by atomic mass is 9.80. The minimum atomic E-state index is -0.249. The maximum Gasteiger partial charge on any atom is 0.0947 e. The lowest BCUT2D eigenvalue weighted by Gasteiger charge is -2.23. The fourth-order valence-electron chi connectivity index (χ4n) is 0.687. The molecule has 2 radical (unpaired) electrons. The third-order valence-corrected chi connectivity index (χ3v) is 1.92. The highest BCUT2D eigenvalue weighted by atomic mass is 19.1. The van der Waals surface area contributed by atoms with Crippen molar-refractivity contribution >= 4 is 7.85 Å². The summed E-state index contributed by atoms with van der Waals surface area (Å²) in [7, 11) is 5.30. The lowest BCUT2D eigenvalue weighted by Crippen LogP contribution is -2.17. The van der Waals surface area contributed by atoms with E-state index in [1.54, 1.807) is 0 Å². The van der Waals surface area contributed by atoms with E-state index < -0.39 is 0 Å². The molecule has 0 aliphatic carbocycles. The van der Waals surface area contributed by atoms with Crippen molar-refractivity contribution in [3.05, 3.63) is 0 Å². The van der Waals surface area contributed by atoms with E-state index in [0.29, 0.717) is 6.32 Å². The van der Waals surface area contributed by atoms with Gasteiger partial charge in [0.2, 0.25) is 0 Å². The number of halogens is 1. The second kappa shape index (κ2) is 14.5. The predicted molar refractivity (Wildman–Crippen MR) is 62.2 cm³/mol. The van der Waals surface area contributed by atoms with Crippen molar-refractivity contribution < 1.29 is 4.39 Å². The molecule has 1 unspecified atom stereocenters. The predicted octanol–water partition coefficient (Wildman–Crippen LogP) is 4.40. The highest BCUT2D eigenvalue weighted by Gasteiger charge is 2.19. The minimum absolute atomic E-state index is 0.158. The fraction of sp³-hybridized carbons (Fsp3) is 1.00. The normalized spacial score (nSPS) is 12.8. The van der Waals surface area contributed by atoms with E-state index >= 15 is 0 Å². The third kappa shape index (κ3) is 12.0. The van der Waals surface area contributed by atoms with Crippen LogP contribution in [0.3, 0.4) is 0 Å². The molecule has 0 aromatic rings. The molecule has 0 fully saturated rings. The average molecular weight is 188 g/mol. The summed E-state index contributed by atoms with van der Waals surface area (Å²) in [5.74, 6) is 0. The molecule has 0 spiro atoms. The Labute approximate surface area is 85.7 Å². The SMILES string of the molecule is CC.CC.[B]CCC(C)(CC)CF. The molecule has 0 nitrogen and oxygen atoms in total. The molecule has 0 bridgehead atoms. The zero-order chi connectivity index (χ0) is 11.3. The van der Waals surface area contributed by atoms with E-state index in [0.717, 1.165) is 12.8 Å². The van der Waals surface area contributed by atoms with Crippen LogP contribution in [0.25, 0.3) is 0 Å². The number of hydrogen-bond acceptors (Lipinski definition) is 0. The Bertz CT molecular complexity index is 70.5. The maximum atomic E-state index is 12.2. The Kier molecular flexibility index (Phi) is 20.9. The molecular weight excluding hydrogens is 162 g/mol. The number of alkyl halides is 1. The Balaban J connectivity index is -0.000000218. The summed E-state index contributed by atoms with van der Waals surface area (Å²) >= 11 is 0. The van der Waals surface area contributed by atoms with Gasteiger partial charge >= 0.3 is 0 Å². The molecule has 0 aliphatic heterocycles. The van der Waals surface area contributed by atoms with E-state index in [4.69, 9.17) is 7.85 Å². The van der Waals surface area contributed by atoms with Crippen LogP contribution < -0.4 is 0 Å². The van der Waals surface area contributed by atoms with Gasteiger partial charge in [-0.25, -0.2) is 0 Å². The van der Waals surface area contributed by atoms with Crippen molar-refractivity contribution in [1.29, 1.82) is 0 Å². The summed E-state index contributed by atoms with van der Waals surface area (Å²) in [4.78, 5) is 0. The summed E-state index contributed by atoms with van der Waals surface area (Å²) in [5, 5.41) is 0. The van der Waals surface area contributed by atoms with Gasteiger partial charge in [-0.15, -0.1) is 0 Å². The van der Waals surface area contributed by atoms with Crippen molar-refractivity contribution in [3.63, 3.8) is 0 Å². The second-order valence-corrected chi connectivity index (χ2v) is 2.84. The van der Waals surface area contributed by atoms with Gasteiger partial charge in [0.25, 0.3) is 0 Å². The first kappa shape index (κ1) is 18.7. The largest absolute Gasteiger partial charge is 0.251 e. The van der Waals surface area contributed by atoms with Crippen molar-refractivity contribution in [1.82, 2.24) is 0 Å². The fourth-order valence-corrected chi connectivity index (χ4v) is 0.687. The smallest absolute Gasteiger partial charge is 0.0947 e. The van der Waals surface area contributed by atoms with Gasteiger partial charge in [0, 0.05) is 0 Å². The van der Waals surface area contributed by atoms with Crippen LogP contribution in [-0.4, -0.2) is 14.5 Å². The Morgan fingerprint density at radius 1 is 1.15 bits per heavy atom. The topological polar surface area (TPSA) is 0 Å². The van der Waals surface area contributed by atoms with E-state index in [1.165, 1.54) is 0 Å². The summed E-state index contributed by atoms with van der Waals surface area (Å²) in [6, 6.07) is 0. The van der Waals surface area contributed by atoms with Crippen molar-refractivity contribution in [2.75, 3.05) is 6.67 Å². The molecule has 80 valence electrons. The van der Waals surface area contributed by atoms with Gasteiger partial charge in [0.05, 0.1) is 14.5 Å². The molecule has 0 aromatic carbocycles. The number of rotatable bonds is 4. The summed E-state index contributed by atoms with van der Waals surface area (Å²) in [6.07, 6.45) is 2.26. The zero-order valence-corrected chi connectivity index (χ0v) is 10.3. The van der Waals surface area contributed by atoms with Gasteiger partial charge in [-0.2, -0.15) is 0 Å². The van der Waals surface area contributed by atoms with Crippen LogP contribution >= 0.6 is 0 Å². The molecule has 0 saturated heterocycles. The highest BCUT2D eigenvalue weighted by Crippen LogP contribution is 2.26. The molecule has 0 aliphatic rings. The van der Waals surface area contributed by atoms with Crippen LogP contribution in [-0.2, 0) is 0 Å². The monoisotopic (exact) mass is 188 g/mol. The Hall–Kier alpha value is -0.00506. The molecular formula is C11H26BF. The van der Waals surface area contributed by atoms with Crippen LogP contribution in [0.2, 0.25) is 6.32 Å². The molecule has 0 saturated carbocycles. The molecule has 0 aromatic heterocycles. The first-order valence-electron chi connectivity index (χ1n) is 5.44. The maximum absolute atomic E-state index is 12.2. The molecule has 0 heterocycles. The van der Waals surface area contributed by atoms with Gasteiger partial charge in [0.1, 0.15) is 0 Å². The molecule has 0 N–H and O–H groups in total. The Morgan fingerprint density at radius 3 is 1.62 bits per heavy atom. The highest BCUT2D eigenvalue weighted by molar-refractivity contribution is 6.08. The van der Waals surface area contributed by atoms with E-state index in [9.17, 15) is 4.39 Å². The lowest BCUT2D eigenvalue weighted by molar-refractivity contribution is 0.215. The van der Waals surface area contributed by atoms with E-state index in [2.05, 4.69) is 0 Å². The van der Waals surface area contributed by atoms with Crippen molar-refractivity contribution in [2.24, 2.45) is 5.41 Å². The summed E-state index contributed by atoms with van der Waals surface area (Å²) < 4.78 is 12.2. The van der Waals surface area contributed by atoms with Crippen LogP contribution in [0.15, 0.2) is 0 Å². The minimum Gasteiger partial charge on any atom is -0.251 e.